The van der Waals surface area contributed by atoms with Crippen molar-refractivity contribution in [1.29, 1.82) is 0 Å². The van der Waals surface area contributed by atoms with Crippen LogP contribution in [0.25, 0.3) is 0 Å². The highest BCUT2D eigenvalue weighted by Crippen LogP contribution is 2.12. The summed E-state index contributed by atoms with van der Waals surface area (Å²) in [5, 5.41) is 6.10. The highest BCUT2D eigenvalue weighted by molar-refractivity contribution is 5.78. The largest absolute Gasteiger partial charge is 0.359 e. The number of carbonyl (C=O) groups excluding carboxylic acids is 1. The molecule has 0 radical (unpaired) electrons. The second-order valence-electron chi connectivity index (χ2n) is 6.52. The Bertz CT molecular complexity index is 450. The Balaban J connectivity index is 2.59. The second-order valence-corrected chi connectivity index (χ2v) is 6.52. The first kappa shape index (κ1) is 17.4. The van der Waals surface area contributed by atoms with Gasteiger partial charge in [-0.05, 0) is 32.4 Å². The third-order valence-corrected chi connectivity index (χ3v) is 3.26. The van der Waals surface area contributed by atoms with Crippen molar-refractivity contribution < 1.29 is 4.79 Å². The van der Waals surface area contributed by atoms with Crippen molar-refractivity contribution in [1.82, 2.24) is 15.6 Å². The Labute approximate surface area is 128 Å². The fourth-order valence-corrected chi connectivity index (χ4v) is 1.95. The van der Waals surface area contributed by atoms with Crippen LogP contribution in [0.5, 0.6) is 0 Å². The van der Waals surface area contributed by atoms with Gasteiger partial charge in [0.1, 0.15) is 5.82 Å². The summed E-state index contributed by atoms with van der Waals surface area (Å²) in [5.41, 5.74) is 1.25. The molecule has 0 bridgehead atoms. The lowest BCUT2D eigenvalue weighted by molar-refractivity contribution is -0.123. The van der Waals surface area contributed by atoms with Gasteiger partial charge in [0.15, 0.2) is 0 Å². The van der Waals surface area contributed by atoms with E-state index < -0.39 is 0 Å². The fraction of sp³-hybridized carbons (Fsp3) is 0.625. The van der Waals surface area contributed by atoms with E-state index >= 15 is 0 Å². The van der Waals surface area contributed by atoms with Gasteiger partial charge < -0.3 is 15.5 Å². The minimum Gasteiger partial charge on any atom is -0.359 e. The van der Waals surface area contributed by atoms with E-state index in [9.17, 15) is 4.79 Å². The van der Waals surface area contributed by atoms with Crippen molar-refractivity contribution in [2.24, 2.45) is 5.92 Å². The maximum absolute atomic E-state index is 11.5. The molecule has 0 fully saturated rings. The van der Waals surface area contributed by atoms with E-state index in [1.54, 1.807) is 7.05 Å². The quantitative estimate of drug-likeness (QED) is 0.839. The van der Waals surface area contributed by atoms with Gasteiger partial charge in [-0.15, -0.1) is 0 Å². The van der Waals surface area contributed by atoms with E-state index in [-0.39, 0.29) is 17.4 Å². The first-order chi connectivity index (χ1) is 9.73. The molecule has 118 valence electrons. The molecule has 0 aliphatic carbocycles. The molecule has 1 aromatic heterocycles. The second kappa shape index (κ2) is 7.41. The number of hydrogen-bond donors (Lipinski definition) is 2. The van der Waals surface area contributed by atoms with Crippen LogP contribution in [0.4, 0.5) is 5.82 Å². The molecular formula is C16H28N4O. The maximum Gasteiger partial charge on any atom is 0.224 e. The Hall–Kier alpha value is -1.62. The Morgan fingerprint density at radius 2 is 2.05 bits per heavy atom. The van der Waals surface area contributed by atoms with E-state index in [0.29, 0.717) is 6.54 Å². The summed E-state index contributed by atoms with van der Waals surface area (Å²) in [7, 11) is 3.61. The van der Waals surface area contributed by atoms with Gasteiger partial charge in [-0.1, -0.05) is 13.0 Å². The van der Waals surface area contributed by atoms with E-state index in [1.165, 1.54) is 0 Å². The molecule has 0 aliphatic rings. The van der Waals surface area contributed by atoms with Crippen molar-refractivity contribution in [3.63, 3.8) is 0 Å². The van der Waals surface area contributed by atoms with Gasteiger partial charge in [0.2, 0.25) is 5.91 Å². The number of amides is 1. The average molecular weight is 292 g/mol. The number of aromatic nitrogens is 1. The number of anilines is 1. The zero-order valence-electron chi connectivity index (χ0n) is 14.0. The molecule has 1 unspecified atom stereocenters. The van der Waals surface area contributed by atoms with E-state index in [1.807, 2.05) is 31.1 Å². The van der Waals surface area contributed by atoms with Gasteiger partial charge in [-0.25, -0.2) is 4.98 Å². The minimum atomic E-state index is -0.0657. The topological polar surface area (TPSA) is 57.3 Å². The van der Waals surface area contributed by atoms with Crippen LogP contribution in [0.15, 0.2) is 18.3 Å². The van der Waals surface area contributed by atoms with E-state index in [2.05, 4.69) is 42.5 Å². The highest BCUT2D eigenvalue weighted by atomic mass is 16.1. The molecule has 1 amide bonds. The number of hydrogen-bond acceptors (Lipinski definition) is 4. The van der Waals surface area contributed by atoms with Gasteiger partial charge in [0.25, 0.3) is 0 Å². The zero-order chi connectivity index (χ0) is 16.0. The van der Waals surface area contributed by atoms with Crippen LogP contribution in [0, 0.1) is 5.92 Å². The van der Waals surface area contributed by atoms with Gasteiger partial charge in [0, 0.05) is 38.9 Å². The molecule has 1 rings (SSSR count). The van der Waals surface area contributed by atoms with Crippen molar-refractivity contribution in [3.8, 4) is 0 Å². The summed E-state index contributed by atoms with van der Waals surface area (Å²) < 4.78 is 0. The number of pyridine rings is 1. The van der Waals surface area contributed by atoms with Crippen LogP contribution >= 0.6 is 0 Å². The van der Waals surface area contributed by atoms with Gasteiger partial charge in [0.05, 0.1) is 5.92 Å². The summed E-state index contributed by atoms with van der Waals surface area (Å²) in [6.45, 7) is 9.78. The molecule has 0 saturated carbocycles. The lowest BCUT2D eigenvalue weighted by Gasteiger charge is -2.23. The maximum atomic E-state index is 11.5. The van der Waals surface area contributed by atoms with Crippen LogP contribution < -0.4 is 15.5 Å². The average Bonchev–Trinajstić information content (AvgIpc) is 2.43. The van der Waals surface area contributed by atoms with Crippen LogP contribution in [-0.2, 0) is 11.3 Å². The van der Waals surface area contributed by atoms with Crippen molar-refractivity contribution in [3.05, 3.63) is 23.9 Å². The molecule has 21 heavy (non-hydrogen) atoms. The van der Waals surface area contributed by atoms with Gasteiger partial charge in [-0.2, -0.15) is 0 Å². The molecule has 0 spiro atoms. The number of carbonyl (C=O) groups is 1. The van der Waals surface area contributed by atoms with Crippen LogP contribution in [0.2, 0.25) is 0 Å². The lowest BCUT2D eigenvalue weighted by Crippen LogP contribution is -2.35. The molecule has 1 aromatic rings. The molecule has 1 heterocycles. The normalized spacial score (nSPS) is 12.9. The van der Waals surface area contributed by atoms with Gasteiger partial charge in [-0.3, -0.25) is 4.79 Å². The third-order valence-electron chi connectivity index (χ3n) is 3.26. The summed E-state index contributed by atoms with van der Waals surface area (Å²) in [6.07, 6.45) is 1.88. The predicted molar refractivity (Wildman–Crippen MR) is 87.3 cm³/mol. The SMILES string of the molecule is CNC(=O)C(C)CN(C)c1ccc(CNC(C)(C)C)cn1. The molecule has 2 N–H and O–H groups in total. The highest BCUT2D eigenvalue weighted by Gasteiger charge is 2.14. The molecule has 5 heteroatoms. The standard InChI is InChI=1S/C16H28N4O/c1-12(15(21)17-5)11-20(6)14-8-7-13(9-18-14)10-19-16(2,3)4/h7-9,12,19H,10-11H2,1-6H3,(H,17,21). The first-order valence-corrected chi connectivity index (χ1v) is 7.35. The molecule has 0 aromatic carbocycles. The molecule has 5 nitrogen and oxygen atoms in total. The Morgan fingerprint density at radius 3 is 2.52 bits per heavy atom. The van der Waals surface area contributed by atoms with Crippen LogP contribution in [0.1, 0.15) is 33.3 Å². The molecule has 1 atom stereocenters. The number of nitrogens with one attached hydrogen (secondary N) is 2. The van der Waals surface area contributed by atoms with E-state index in [4.69, 9.17) is 0 Å². The summed E-state index contributed by atoms with van der Waals surface area (Å²) >= 11 is 0. The van der Waals surface area contributed by atoms with E-state index in [0.717, 1.165) is 17.9 Å². The first-order valence-electron chi connectivity index (χ1n) is 7.35. The number of rotatable bonds is 6. The third kappa shape index (κ3) is 6.12. The van der Waals surface area contributed by atoms with Crippen molar-refractivity contribution in [2.45, 2.75) is 39.8 Å². The summed E-state index contributed by atoms with van der Waals surface area (Å²) in [5.74, 6) is 0.863. The Morgan fingerprint density at radius 1 is 1.38 bits per heavy atom. The summed E-state index contributed by atoms with van der Waals surface area (Å²) in [4.78, 5) is 18.0. The number of nitrogens with zero attached hydrogens (tertiary/aromatic N) is 2. The summed E-state index contributed by atoms with van der Waals surface area (Å²) in [6, 6.07) is 4.07. The fourth-order valence-electron chi connectivity index (χ4n) is 1.95. The molecular weight excluding hydrogens is 264 g/mol. The van der Waals surface area contributed by atoms with Crippen LogP contribution in [-0.4, -0.2) is 37.1 Å². The lowest BCUT2D eigenvalue weighted by atomic mass is 10.1. The van der Waals surface area contributed by atoms with Crippen molar-refractivity contribution >= 4 is 11.7 Å². The van der Waals surface area contributed by atoms with Crippen molar-refractivity contribution in [2.75, 3.05) is 25.5 Å². The molecule has 0 saturated heterocycles. The minimum absolute atomic E-state index is 0.0489. The molecule has 0 aliphatic heterocycles. The Kier molecular flexibility index (Phi) is 6.15. The van der Waals surface area contributed by atoms with Crippen LogP contribution in [0.3, 0.4) is 0 Å². The van der Waals surface area contributed by atoms with Gasteiger partial charge >= 0.3 is 0 Å². The predicted octanol–water partition coefficient (Wildman–Crippen LogP) is 1.79. The smallest absolute Gasteiger partial charge is 0.224 e. The zero-order valence-corrected chi connectivity index (χ0v) is 14.0. The monoisotopic (exact) mass is 292 g/mol.